The number of benzene rings is 2. The standard InChI is InChI=1S/C18H16O3/c1-3-21-18(20)13(2)15-10-7-11-16(12-15)17(19)14-8-5-4-6-9-14/h3-13H,1H2,2H3. The van der Waals surface area contributed by atoms with Crippen LogP contribution in [-0.2, 0) is 9.53 Å². The Bertz CT molecular complexity index is 659. The molecule has 106 valence electrons. The molecular formula is C18H16O3. The Morgan fingerprint density at radius 3 is 2.38 bits per heavy atom. The summed E-state index contributed by atoms with van der Waals surface area (Å²) in [6.45, 7) is 5.10. The molecular weight excluding hydrogens is 264 g/mol. The highest BCUT2D eigenvalue weighted by molar-refractivity contribution is 6.09. The van der Waals surface area contributed by atoms with Gasteiger partial charge in [0.05, 0.1) is 12.2 Å². The van der Waals surface area contributed by atoms with E-state index in [1.54, 1.807) is 43.3 Å². The average Bonchev–Trinajstić information content (AvgIpc) is 2.54. The molecule has 0 aromatic heterocycles. The first-order valence-corrected chi connectivity index (χ1v) is 6.64. The molecule has 3 nitrogen and oxygen atoms in total. The lowest BCUT2D eigenvalue weighted by Gasteiger charge is -2.10. The first kappa shape index (κ1) is 14.7. The van der Waals surface area contributed by atoms with Crippen molar-refractivity contribution < 1.29 is 14.3 Å². The predicted molar refractivity (Wildman–Crippen MR) is 81.0 cm³/mol. The van der Waals surface area contributed by atoms with Crippen molar-refractivity contribution in [2.24, 2.45) is 0 Å². The molecule has 0 N–H and O–H groups in total. The zero-order valence-corrected chi connectivity index (χ0v) is 11.8. The zero-order valence-electron chi connectivity index (χ0n) is 11.8. The minimum atomic E-state index is -0.452. The molecule has 0 bridgehead atoms. The maximum absolute atomic E-state index is 12.4. The van der Waals surface area contributed by atoms with E-state index in [-0.39, 0.29) is 5.78 Å². The summed E-state index contributed by atoms with van der Waals surface area (Å²) in [5.41, 5.74) is 1.91. The average molecular weight is 280 g/mol. The summed E-state index contributed by atoms with van der Waals surface area (Å²) in [5, 5.41) is 0. The van der Waals surface area contributed by atoms with Crippen molar-refractivity contribution in [3.8, 4) is 0 Å². The summed E-state index contributed by atoms with van der Waals surface area (Å²) in [6, 6.07) is 16.1. The number of carbonyl (C=O) groups is 2. The van der Waals surface area contributed by atoms with E-state index in [0.717, 1.165) is 11.8 Å². The van der Waals surface area contributed by atoms with Crippen LogP contribution >= 0.6 is 0 Å². The maximum Gasteiger partial charge on any atom is 0.317 e. The molecule has 0 heterocycles. The largest absolute Gasteiger partial charge is 0.435 e. The van der Waals surface area contributed by atoms with Crippen molar-refractivity contribution in [2.45, 2.75) is 12.8 Å². The second kappa shape index (κ2) is 6.66. The zero-order chi connectivity index (χ0) is 15.2. The molecule has 1 unspecified atom stereocenters. The van der Waals surface area contributed by atoms with Crippen LogP contribution in [0.5, 0.6) is 0 Å². The van der Waals surface area contributed by atoms with Gasteiger partial charge in [0.1, 0.15) is 0 Å². The van der Waals surface area contributed by atoms with E-state index in [9.17, 15) is 9.59 Å². The number of hydrogen-bond acceptors (Lipinski definition) is 3. The van der Waals surface area contributed by atoms with E-state index in [0.29, 0.717) is 11.1 Å². The van der Waals surface area contributed by atoms with Crippen LogP contribution in [0.2, 0.25) is 0 Å². The lowest BCUT2D eigenvalue weighted by atomic mass is 9.96. The minimum absolute atomic E-state index is 0.0678. The first-order chi connectivity index (χ1) is 10.1. The fraction of sp³-hybridized carbons (Fsp3) is 0.111. The van der Waals surface area contributed by atoms with Crippen LogP contribution < -0.4 is 0 Å². The van der Waals surface area contributed by atoms with E-state index in [1.807, 2.05) is 18.2 Å². The molecule has 0 aliphatic rings. The summed E-state index contributed by atoms with van der Waals surface area (Å²) < 4.78 is 4.78. The highest BCUT2D eigenvalue weighted by Gasteiger charge is 2.18. The second-order valence-electron chi connectivity index (χ2n) is 4.65. The Kier molecular flexibility index (Phi) is 4.67. The number of esters is 1. The van der Waals surface area contributed by atoms with Gasteiger partial charge in [-0.2, -0.15) is 0 Å². The Balaban J connectivity index is 2.28. The van der Waals surface area contributed by atoms with Crippen molar-refractivity contribution in [1.29, 1.82) is 0 Å². The van der Waals surface area contributed by atoms with Gasteiger partial charge in [-0.15, -0.1) is 0 Å². The molecule has 0 radical (unpaired) electrons. The smallest absolute Gasteiger partial charge is 0.317 e. The van der Waals surface area contributed by atoms with Gasteiger partial charge in [0.15, 0.2) is 5.78 Å². The summed E-state index contributed by atoms with van der Waals surface area (Å²) >= 11 is 0. The van der Waals surface area contributed by atoms with Gasteiger partial charge in [-0.3, -0.25) is 9.59 Å². The van der Waals surface area contributed by atoms with Gasteiger partial charge in [0, 0.05) is 11.1 Å². The lowest BCUT2D eigenvalue weighted by Crippen LogP contribution is -2.11. The van der Waals surface area contributed by atoms with Crippen LogP contribution in [0.1, 0.15) is 34.3 Å². The van der Waals surface area contributed by atoms with Crippen molar-refractivity contribution in [1.82, 2.24) is 0 Å². The summed E-state index contributed by atoms with van der Waals surface area (Å²) in [4.78, 5) is 24.1. The van der Waals surface area contributed by atoms with Gasteiger partial charge >= 0.3 is 5.97 Å². The van der Waals surface area contributed by atoms with Crippen LogP contribution in [-0.4, -0.2) is 11.8 Å². The molecule has 0 saturated heterocycles. The topological polar surface area (TPSA) is 43.4 Å². The molecule has 2 aromatic rings. The van der Waals surface area contributed by atoms with Crippen LogP contribution in [0.4, 0.5) is 0 Å². The SMILES string of the molecule is C=COC(=O)C(C)c1cccc(C(=O)c2ccccc2)c1. The third kappa shape index (κ3) is 3.45. The molecule has 0 aliphatic carbocycles. The highest BCUT2D eigenvalue weighted by Crippen LogP contribution is 2.20. The van der Waals surface area contributed by atoms with Gasteiger partial charge in [-0.1, -0.05) is 55.1 Å². The van der Waals surface area contributed by atoms with Gasteiger partial charge < -0.3 is 4.74 Å². The van der Waals surface area contributed by atoms with Gasteiger partial charge in [-0.05, 0) is 18.6 Å². The summed E-state index contributed by atoms with van der Waals surface area (Å²) in [5.74, 6) is -0.914. The van der Waals surface area contributed by atoms with E-state index in [4.69, 9.17) is 4.74 Å². The molecule has 1 atom stereocenters. The maximum atomic E-state index is 12.4. The van der Waals surface area contributed by atoms with Crippen LogP contribution in [0.15, 0.2) is 67.4 Å². The van der Waals surface area contributed by atoms with E-state index < -0.39 is 11.9 Å². The third-order valence-electron chi connectivity index (χ3n) is 3.24. The van der Waals surface area contributed by atoms with Crippen molar-refractivity contribution in [2.75, 3.05) is 0 Å². The van der Waals surface area contributed by atoms with E-state index in [2.05, 4.69) is 6.58 Å². The van der Waals surface area contributed by atoms with Gasteiger partial charge in [0.2, 0.25) is 0 Å². The monoisotopic (exact) mass is 280 g/mol. The minimum Gasteiger partial charge on any atom is -0.435 e. The molecule has 0 aliphatic heterocycles. The van der Waals surface area contributed by atoms with Crippen molar-refractivity contribution in [3.63, 3.8) is 0 Å². The van der Waals surface area contributed by atoms with Crippen LogP contribution in [0.3, 0.4) is 0 Å². The lowest BCUT2D eigenvalue weighted by molar-refractivity contribution is -0.139. The second-order valence-corrected chi connectivity index (χ2v) is 4.65. The van der Waals surface area contributed by atoms with Crippen LogP contribution in [0, 0.1) is 0 Å². The number of ketones is 1. The number of carbonyl (C=O) groups excluding carboxylic acids is 2. The molecule has 0 saturated carbocycles. The Hall–Kier alpha value is -2.68. The van der Waals surface area contributed by atoms with Crippen molar-refractivity contribution in [3.05, 3.63) is 84.1 Å². The Labute approximate surface area is 123 Å². The van der Waals surface area contributed by atoms with Crippen LogP contribution in [0.25, 0.3) is 0 Å². The number of ether oxygens (including phenoxy) is 1. The molecule has 0 amide bonds. The molecule has 0 spiro atoms. The first-order valence-electron chi connectivity index (χ1n) is 6.64. The number of hydrogen-bond donors (Lipinski definition) is 0. The van der Waals surface area contributed by atoms with E-state index in [1.165, 1.54) is 0 Å². The summed E-state index contributed by atoms with van der Waals surface area (Å²) in [6.07, 6.45) is 1.11. The fourth-order valence-electron chi connectivity index (χ4n) is 2.03. The van der Waals surface area contributed by atoms with Gasteiger partial charge in [-0.25, -0.2) is 0 Å². The highest BCUT2D eigenvalue weighted by atomic mass is 16.5. The predicted octanol–water partition coefficient (Wildman–Crippen LogP) is 3.71. The fourth-order valence-corrected chi connectivity index (χ4v) is 2.03. The molecule has 2 rings (SSSR count). The molecule has 3 heteroatoms. The third-order valence-corrected chi connectivity index (χ3v) is 3.24. The normalized spacial score (nSPS) is 11.5. The summed E-state index contributed by atoms with van der Waals surface area (Å²) in [7, 11) is 0. The van der Waals surface area contributed by atoms with Gasteiger partial charge in [0.25, 0.3) is 0 Å². The Morgan fingerprint density at radius 1 is 1.05 bits per heavy atom. The van der Waals surface area contributed by atoms with E-state index >= 15 is 0 Å². The molecule has 2 aromatic carbocycles. The number of rotatable bonds is 5. The Morgan fingerprint density at radius 2 is 1.71 bits per heavy atom. The quantitative estimate of drug-likeness (QED) is 0.476. The van der Waals surface area contributed by atoms with Crippen molar-refractivity contribution >= 4 is 11.8 Å². The molecule has 0 fully saturated rings. The molecule has 21 heavy (non-hydrogen) atoms.